The van der Waals surface area contributed by atoms with Crippen molar-refractivity contribution in [2.75, 3.05) is 16.8 Å². The van der Waals surface area contributed by atoms with Gasteiger partial charge in [0.1, 0.15) is 11.4 Å². The summed E-state index contributed by atoms with van der Waals surface area (Å²) in [5, 5.41) is 3.22. The van der Waals surface area contributed by atoms with Crippen LogP contribution in [0.5, 0.6) is 5.75 Å². The fraction of sp³-hybridized carbons (Fsp3) is 0.214. The fourth-order valence-corrected chi connectivity index (χ4v) is 3.78. The Hall–Kier alpha value is -3.86. The van der Waals surface area contributed by atoms with Gasteiger partial charge in [-0.05, 0) is 47.7 Å². The van der Waals surface area contributed by atoms with Crippen molar-refractivity contribution < 1.29 is 14.3 Å². The van der Waals surface area contributed by atoms with E-state index in [1.54, 1.807) is 18.2 Å². The molecule has 0 aliphatic carbocycles. The van der Waals surface area contributed by atoms with Gasteiger partial charge in [-0.25, -0.2) is 4.90 Å². The van der Waals surface area contributed by atoms with Crippen molar-refractivity contribution in [3.05, 3.63) is 95.7 Å². The van der Waals surface area contributed by atoms with Gasteiger partial charge in [-0.1, -0.05) is 69.3 Å². The number of rotatable bonds is 8. The van der Waals surface area contributed by atoms with Gasteiger partial charge in [0.2, 0.25) is 0 Å². The molecule has 1 N–H and O–H groups in total. The SMILES string of the molecule is CCCOc1cccc(N2C(=O)C(Nc3ccc(C(C)C)cc3)=C(c3ccccc3)C2=O)c1. The van der Waals surface area contributed by atoms with Crippen molar-refractivity contribution in [1.82, 2.24) is 0 Å². The van der Waals surface area contributed by atoms with Gasteiger partial charge >= 0.3 is 0 Å². The van der Waals surface area contributed by atoms with Crippen molar-refractivity contribution in [2.45, 2.75) is 33.1 Å². The molecule has 33 heavy (non-hydrogen) atoms. The Morgan fingerprint density at radius 1 is 0.879 bits per heavy atom. The molecule has 0 radical (unpaired) electrons. The highest BCUT2D eigenvalue weighted by Crippen LogP contribution is 2.35. The van der Waals surface area contributed by atoms with Crippen LogP contribution in [0.2, 0.25) is 0 Å². The van der Waals surface area contributed by atoms with Crippen LogP contribution in [0.15, 0.2) is 84.6 Å². The third-order valence-corrected chi connectivity index (χ3v) is 5.54. The number of ether oxygens (including phenoxy) is 1. The molecule has 1 heterocycles. The topological polar surface area (TPSA) is 58.6 Å². The van der Waals surface area contributed by atoms with E-state index in [0.29, 0.717) is 35.1 Å². The highest BCUT2D eigenvalue weighted by molar-refractivity contribution is 6.46. The maximum atomic E-state index is 13.6. The molecule has 0 bridgehead atoms. The highest BCUT2D eigenvalue weighted by atomic mass is 16.5. The summed E-state index contributed by atoms with van der Waals surface area (Å²) >= 11 is 0. The van der Waals surface area contributed by atoms with Gasteiger partial charge in [-0.3, -0.25) is 9.59 Å². The second kappa shape index (κ2) is 9.74. The van der Waals surface area contributed by atoms with Crippen molar-refractivity contribution in [3.8, 4) is 5.75 Å². The molecule has 3 aromatic rings. The lowest BCUT2D eigenvalue weighted by atomic mass is 10.0. The summed E-state index contributed by atoms with van der Waals surface area (Å²) in [7, 11) is 0. The number of carbonyl (C=O) groups excluding carboxylic acids is 2. The molecule has 4 rings (SSSR count). The third kappa shape index (κ3) is 4.67. The molecule has 5 heteroatoms. The van der Waals surface area contributed by atoms with E-state index in [2.05, 4.69) is 19.2 Å². The summed E-state index contributed by atoms with van der Waals surface area (Å²) in [5.74, 6) is 0.284. The number of amides is 2. The maximum Gasteiger partial charge on any atom is 0.282 e. The third-order valence-electron chi connectivity index (χ3n) is 5.54. The predicted molar refractivity (Wildman–Crippen MR) is 132 cm³/mol. The number of imide groups is 1. The van der Waals surface area contributed by atoms with Crippen molar-refractivity contribution >= 4 is 28.8 Å². The van der Waals surface area contributed by atoms with Gasteiger partial charge in [0.15, 0.2) is 0 Å². The van der Waals surface area contributed by atoms with E-state index >= 15 is 0 Å². The molecule has 0 fully saturated rings. The largest absolute Gasteiger partial charge is 0.494 e. The molecular weight excluding hydrogens is 412 g/mol. The van der Waals surface area contributed by atoms with Crippen LogP contribution in [0, 0.1) is 0 Å². The van der Waals surface area contributed by atoms with Crippen LogP contribution in [0.3, 0.4) is 0 Å². The van der Waals surface area contributed by atoms with Gasteiger partial charge in [-0.2, -0.15) is 0 Å². The van der Waals surface area contributed by atoms with E-state index in [4.69, 9.17) is 4.74 Å². The normalized spacial score (nSPS) is 13.8. The molecule has 1 aliphatic rings. The Kier molecular flexibility index (Phi) is 6.59. The molecule has 2 amide bonds. The average molecular weight is 441 g/mol. The zero-order valence-corrected chi connectivity index (χ0v) is 19.2. The summed E-state index contributed by atoms with van der Waals surface area (Å²) in [4.78, 5) is 28.3. The van der Waals surface area contributed by atoms with Crippen LogP contribution < -0.4 is 15.0 Å². The lowest BCUT2D eigenvalue weighted by molar-refractivity contribution is -0.120. The van der Waals surface area contributed by atoms with E-state index in [9.17, 15) is 9.59 Å². The van der Waals surface area contributed by atoms with Crippen molar-refractivity contribution in [2.24, 2.45) is 0 Å². The van der Waals surface area contributed by atoms with Gasteiger partial charge in [0, 0.05) is 11.8 Å². The lowest BCUT2D eigenvalue weighted by Gasteiger charge is -2.17. The van der Waals surface area contributed by atoms with Gasteiger partial charge in [0.25, 0.3) is 11.8 Å². The van der Waals surface area contributed by atoms with Crippen LogP contribution >= 0.6 is 0 Å². The van der Waals surface area contributed by atoms with E-state index < -0.39 is 0 Å². The number of nitrogens with one attached hydrogen (secondary N) is 1. The molecular formula is C28H28N2O3. The first kappa shape index (κ1) is 22.3. The van der Waals surface area contributed by atoms with E-state index in [1.807, 2.05) is 67.6 Å². The minimum Gasteiger partial charge on any atom is -0.494 e. The number of hydrogen-bond acceptors (Lipinski definition) is 4. The first-order valence-corrected chi connectivity index (χ1v) is 11.3. The Morgan fingerprint density at radius 3 is 2.27 bits per heavy atom. The van der Waals surface area contributed by atoms with Gasteiger partial charge < -0.3 is 10.1 Å². The summed E-state index contributed by atoms with van der Waals surface area (Å²) in [6, 6.07) is 24.3. The second-order valence-electron chi connectivity index (χ2n) is 8.31. The average Bonchev–Trinajstić information content (AvgIpc) is 3.07. The number of carbonyl (C=O) groups is 2. The van der Waals surface area contributed by atoms with Gasteiger partial charge in [0.05, 0.1) is 17.9 Å². The van der Waals surface area contributed by atoms with Crippen LogP contribution in [-0.4, -0.2) is 18.4 Å². The fourth-order valence-electron chi connectivity index (χ4n) is 3.78. The van der Waals surface area contributed by atoms with Crippen LogP contribution in [0.4, 0.5) is 11.4 Å². The molecule has 0 atom stereocenters. The van der Waals surface area contributed by atoms with Crippen LogP contribution in [0.25, 0.3) is 5.57 Å². The molecule has 0 saturated carbocycles. The van der Waals surface area contributed by atoms with Gasteiger partial charge in [-0.15, -0.1) is 0 Å². The number of nitrogens with zero attached hydrogens (tertiary/aromatic N) is 1. The molecule has 3 aromatic carbocycles. The number of hydrogen-bond donors (Lipinski definition) is 1. The minimum atomic E-state index is -0.389. The number of anilines is 2. The minimum absolute atomic E-state index is 0.267. The standard InChI is InChI=1S/C28H28N2O3/c1-4-17-33-24-12-8-11-23(18-24)30-27(31)25(21-9-6-5-7-10-21)26(28(30)32)29-22-15-13-20(14-16-22)19(2)3/h5-16,18-19,29H,4,17H2,1-3H3. The Morgan fingerprint density at radius 2 is 1.61 bits per heavy atom. The summed E-state index contributed by atoms with van der Waals surface area (Å²) in [6.07, 6.45) is 0.870. The molecule has 1 aliphatic heterocycles. The molecule has 0 saturated heterocycles. The first-order valence-electron chi connectivity index (χ1n) is 11.3. The van der Waals surface area contributed by atoms with Crippen molar-refractivity contribution in [1.29, 1.82) is 0 Å². The zero-order chi connectivity index (χ0) is 23.4. The smallest absolute Gasteiger partial charge is 0.282 e. The monoisotopic (exact) mass is 440 g/mol. The highest BCUT2D eigenvalue weighted by Gasteiger charge is 2.40. The second-order valence-corrected chi connectivity index (χ2v) is 8.31. The summed E-state index contributed by atoms with van der Waals surface area (Å²) < 4.78 is 5.71. The molecule has 0 aromatic heterocycles. The van der Waals surface area contributed by atoms with E-state index in [1.165, 1.54) is 10.5 Å². The molecule has 0 spiro atoms. The number of benzene rings is 3. The first-order chi connectivity index (χ1) is 16.0. The summed E-state index contributed by atoms with van der Waals surface area (Å²) in [6.45, 7) is 6.86. The predicted octanol–water partition coefficient (Wildman–Crippen LogP) is 6.00. The molecule has 168 valence electrons. The quantitative estimate of drug-likeness (QED) is 0.437. The van der Waals surface area contributed by atoms with Crippen LogP contribution in [0.1, 0.15) is 44.2 Å². The lowest BCUT2D eigenvalue weighted by Crippen LogP contribution is -2.32. The Labute approximate surface area is 194 Å². The maximum absolute atomic E-state index is 13.6. The summed E-state index contributed by atoms with van der Waals surface area (Å²) in [5.41, 5.74) is 3.76. The van der Waals surface area contributed by atoms with Crippen LogP contribution in [-0.2, 0) is 9.59 Å². The molecule has 5 nitrogen and oxygen atoms in total. The Balaban J connectivity index is 1.72. The molecule has 0 unspecified atom stereocenters. The van der Waals surface area contributed by atoms with E-state index in [0.717, 1.165) is 12.1 Å². The van der Waals surface area contributed by atoms with E-state index in [-0.39, 0.29) is 17.5 Å². The Bertz CT molecular complexity index is 1180. The van der Waals surface area contributed by atoms with Crippen molar-refractivity contribution in [3.63, 3.8) is 0 Å². The zero-order valence-electron chi connectivity index (χ0n) is 19.2.